The van der Waals surface area contributed by atoms with Crippen LogP contribution in [-0.4, -0.2) is 17.0 Å². The van der Waals surface area contributed by atoms with Crippen molar-refractivity contribution in [2.45, 2.75) is 30.3 Å². The third-order valence-corrected chi connectivity index (χ3v) is 5.31. The molecule has 0 aliphatic heterocycles. The van der Waals surface area contributed by atoms with E-state index in [0.29, 0.717) is 0 Å². The Hall–Kier alpha value is -1.05. The summed E-state index contributed by atoms with van der Waals surface area (Å²) in [5, 5.41) is 0. The van der Waals surface area contributed by atoms with Gasteiger partial charge < -0.3 is 0 Å². The first-order valence-electron chi connectivity index (χ1n) is 6.64. The Labute approximate surface area is 135 Å². The highest BCUT2D eigenvalue weighted by molar-refractivity contribution is 7.98. The van der Waals surface area contributed by atoms with Gasteiger partial charge in [-0.05, 0) is 48.7 Å². The standard InChI is InChI=1S/C15H15F4NS2/c1-3-20(22-13-9-4-10(2)21-13)14(15(17,18)19)11-5-7-12(16)8-6-11/h4-9,14H,3H2,1-2H3. The Bertz CT molecular complexity index is 607. The summed E-state index contributed by atoms with van der Waals surface area (Å²) in [6.45, 7) is 3.80. The minimum absolute atomic E-state index is 0.0385. The molecule has 0 aliphatic rings. The summed E-state index contributed by atoms with van der Waals surface area (Å²) in [6, 6.07) is 6.41. The molecule has 2 rings (SSSR count). The summed E-state index contributed by atoms with van der Waals surface area (Å²) in [6.07, 6.45) is -4.44. The molecule has 22 heavy (non-hydrogen) atoms. The lowest BCUT2D eigenvalue weighted by atomic mass is 10.1. The fourth-order valence-corrected chi connectivity index (χ4v) is 4.30. The van der Waals surface area contributed by atoms with E-state index >= 15 is 0 Å². The second-order valence-electron chi connectivity index (χ2n) is 4.69. The van der Waals surface area contributed by atoms with Gasteiger partial charge in [0.05, 0.1) is 4.21 Å². The maximum absolute atomic E-state index is 13.5. The van der Waals surface area contributed by atoms with Crippen LogP contribution in [0.15, 0.2) is 40.6 Å². The molecule has 0 fully saturated rings. The first-order chi connectivity index (χ1) is 10.3. The van der Waals surface area contributed by atoms with Gasteiger partial charge >= 0.3 is 6.18 Å². The van der Waals surface area contributed by atoms with Gasteiger partial charge in [-0.15, -0.1) is 11.3 Å². The van der Waals surface area contributed by atoms with Crippen LogP contribution in [-0.2, 0) is 0 Å². The third-order valence-electron chi connectivity index (χ3n) is 3.02. The zero-order chi connectivity index (χ0) is 16.3. The molecule has 120 valence electrons. The largest absolute Gasteiger partial charge is 0.408 e. The fraction of sp³-hybridized carbons (Fsp3) is 0.333. The lowest BCUT2D eigenvalue weighted by molar-refractivity contribution is -0.172. The van der Waals surface area contributed by atoms with Crippen molar-refractivity contribution in [1.82, 2.24) is 4.31 Å². The molecule has 0 radical (unpaired) electrons. The zero-order valence-corrected chi connectivity index (χ0v) is 13.7. The molecule has 1 aromatic heterocycles. The van der Waals surface area contributed by atoms with Gasteiger partial charge in [0.1, 0.15) is 11.9 Å². The summed E-state index contributed by atoms with van der Waals surface area (Å²) in [4.78, 5) is 1.05. The summed E-state index contributed by atoms with van der Waals surface area (Å²) < 4.78 is 55.6. The van der Waals surface area contributed by atoms with E-state index in [9.17, 15) is 17.6 Å². The predicted octanol–water partition coefficient (Wildman–Crippen LogP) is 5.83. The Morgan fingerprint density at radius 1 is 1.14 bits per heavy atom. The molecule has 1 atom stereocenters. The first-order valence-corrected chi connectivity index (χ1v) is 8.23. The van der Waals surface area contributed by atoms with Crippen molar-refractivity contribution in [2.24, 2.45) is 0 Å². The van der Waals surface area contributed by atoms with Crippen LogP contribution in [0.4, 0.5) is 17.6 Å². The molecule has 2 aromatic rings. The van der Waals surface area contributed by atoms with Crippen LogP contribution >= 0.6 is 23.3 Å². The molecular weight excluding hydrogens is 334 g/mol. The van der Waals surface area contributed by atoms with Gasteiger partial charge in [-0.25, -0.2) is 8.70 Å². The van der Waals surface area contributed by atoms with Gasteiger partial charge in [0, 0.05) is 11.4 Å². The molecule has 7 heteroatoms. The summed E-state index contributed by atoms with van der Waals surface area (Å²) in [7, 11) is 0. The molecule has 1 aromatic carbocycles. The predicted molar refractivity (Wildman–Crippen MR) is 82.5 cm³/mol. The minimum atomic E-state index is -4.44. The van der Waals surface area contributed by atoms with Crippen LogP contribution in [0.5, 0.6) is 0 Å². The minimum Gasteiger partial charge on any atom is -0.230 e. The van der Waals surface area contributed by atoms with E-state index in [1.54, 1.807) is 6.92 Å². The molecule has 1 unspecified atom stereocenters. The average molecular weight is 349 g/mol. The highest BCUT2D eigenvalue weighted by Gasteiger charge is 2.44. The maximum Gasteiger partial charge on any atom is 0.408 e. The van der Waals surface area contributed by atoms with E-state index in [-0.39, 0.29) is 12.1 Å². The highest BCUT2D eigenvalue weighted by Crippen LogP contribution is 2.43. The molecule has 0 amide bonds. The van der Waals surface area contributed by atoms with Crippen molar-refractivity contribution in [2.75, 3.05) is 6.54 Å². The zero-order valence-electron chi connectivity index (χ0n) is 12.0. The number of halogens is 4. The lowest BCUT2D eigenvalue weighted by Gasteiger charge is -2.31. The van der Waals surface area contributed by atoms with Gasteiger partial charge in [-0.2, -0.15) is 13.2 Å². The molecule has 1 heterocycles. The van der Waals surface area contributed by atoms with E-state index in [4.69, 9.17) is 0 Å². The molecule has 0 saturated carbocycles. The van der Waals surface area contributed by atoms with Crippen LogP contribution < -0.4 is 0 Å². The SMILES string of the molecule is CCN(Sc1ccc(C)s1)C(c1ccc(F)cc1)C(F)(F)F. The van der Waals surface area contributed by atoms with Crippen LogP contribution in [0.3, 0.4) is 0 Å². The topological polar surface area (TPSA) is 3.24 Å². The molecule has 0 aliphatic carbocycles. The summed E-state index contributed by atoms with van der Waals surface area (Å²) in [5.74, 6) is -0.547. The maximum atomic E-state index is 13.5. The number of thiophene rings is 1. The highest BCUT2D eigenvalue weighted by atomic mass is 32.2. The smallest absolute Gasteiger partial charge is 0.230 e. The van der Waals surface area contributed by atoms with E-state index in [1.165, 1.54) is 27.8 Å². The van der Waals surface area contributed by atoms with E-state index in [1.807, 2.05) is 19.1 Å². The molecule has 0 saturated heterocycles. The average Bonchev–Trinajstić information content (AvgIpc) is 2.84. The number of rotatable bonds is 5. The molecular formula is C15H15F4NS2. The lowest BCUT2D eigenvalue weighted by Crippen LogP contribution is -2.34. The van der Waals surface area contributed by atoms with E-state index < -0.39 is 18.0 Å². The monoisotopic (exact) mass is 349 g/mol. The van der Waals surface area contributed by atoms with Crippen molar-refractivity contribution in [3.63, 3.8) is 0 Å². The Balaban J connectivity index is 2.31. The Morgan fingerprint density at radius 3 is 2.23 bits per heavy atom. The number of hydrogen-bond acceptors (Lipinski definition) is 3. The fourth-order valence-electron chi connectivity index (χ4n) is 2.04. The van der Waals surface area contributed by atoms with E-state index in [0.717, 1.165) is 33.2 Å². The second kappa shape index (κ2) is 7.02. The van der Waals surface area contributed by atoms with Gasteiger partial charge in [0.25, 0.3) is 0 Å². The molecule has 0 spiro atoms. The van der Waals surface area contributed by atoms with Gasteiger partial charge in [0.2, 0.25) is 0 Å². The second-order valence-corrected chi connectivity index (χ2v) is 7.32. The van der Waals surface area contributed by atoms with Gasteiger partial charge in [-0.3, -0.25) is 0 Å². The summed E-state index contributed by atoms with van der Waals surface area (Å²) >= 11 is 2.53. The molecule has 0 bridgehead atoms. The number of benzene rings is 1. The van der Waals surface area contributed by atoms with Crippen molar-refractivity contribution in [1.29, 1.82) is 0 Å². The van der Waals surface area contributed by atoms with Crippen molar-refractivity contribution in [3.8, 4) is 0 Å². The first kappa shape index (κ1) is 17.3. The van der Waals surface area contributed by atoms with Crippen molar-refractivity contribution in [3.05, 3.63) is 52.7 Å². The number of alkyl halides is 3. The summed E-state index contributed by atoms with van der Waals surface area (Å²) in [5.41, 5.74) is 0.0385. The van der Waals surface area contributed by atoms with Gasteiger partial charge in [0.15, 0.2) is 0 Å². The third kappa shape index (κ3) is 4.24. The Kier molecular flexibility index (Phi) is 5.52. The van der Waals surface area contributed by atoms with Crippen molar-refractivity contribution >= 4 is 23.3 Å². The normalized spacial score (nSPS) is 13.6. The molecule has 1 nitrogen and oxygen atoms in total. The quantitative estimate of drug-likeness (QED) is 0.494. The number of hydrogen-bond donors (Lipinski definition) is 0. The van der Waals surface area contributed by atoms with Crippen LogP contribution in [0.25, 0.3) is 0 Å². The molecule has 0 N–H and O–H groups in total. The number of aryl methyl sites for hydroxylation is 1. The van der Waals surface area contributed by atoms with Crippen LogP contribution in [0.1, 0.15) is 23.4 Å². The van der Waals surface area contributed by atoms with Crippen LogP contribution in [0, 0.1) is 12.7 Å². The number of nitrogens with zero attached hydrogens (tertiary/aromatic N) is 1. The Morgan fingerprint density at radius 2 is 1.77 bits per heavy atom. The van der Waals surface area contributed by atoms with Crippen molar-refractivity contribution < 1.29 is 17.6 Å². The van der Waals surface area contributed by atoms with Gasteiger partial charge in [-0.1, -0.05) is 19.1 Å². The van der Waals surface area contributed by atoms with E-state index in [2.05, 4.69) is 0 Å². The van der Waals surface area contributed by atoms with Crippen LogP contribution in [0.2, 0.25) is 0 Å².